The maximum absolute atomic E-state index is 8.80. The van der Waals surface area contributed by atoms with E-state index in [4.69, 9.17) is 16.9 Å². The highest BCUT2D eigenvalue weighted by Gasteiger charge is 2.25. The number of likely N-dealkylation sites (N-methyl/N-ethyl adjacent to an activating group) is 1. The summed E-state index contributed by atoms with van der Waals surface area (Å²) in [5.41, 5.74) is 1.51. The van der Waals surface area contributed by atoms with E-state index in [9.17, 15) is 0 Å². The average molecular weight is 250 g/mol. The summed E-state index contributed by atoms with van der Waals surface area (Å²) >= 11 is 6.00. The third kappa shape index (κ3) is 2.71. The lowest BCUT2D eigenvalue weighted by atomic mass is 10.1. The van der Waals surface area contributed by atoms with Gasteiger partial charge in [0.2, 0.25) is 0 Å². The number of anilines is 1. The molecule has 0 aromatic heterocycles. The Morgan fingerprint density at radius 1 is 1.53 bits per heavy atom. The van der Waals surface area contributed by atoms with Crippen molar-refractivity contribution in [3.63, 3.8) is 0 Å². The van der Waals surface area contributed by atoms with Gasteiger partial charge in [-0.3, -0.25) is 0 Å². The van der Waals surface area contributed by atoms with Gasteiger partial charge in [0.1, 0.15) is 6.07 Å². The molecule has 2 unspecified atom stereocenters. The second-order valence-corrected chi connectivity index (χ2v) is 5.08. The maximum Gasteiger partial charge on any atom is 0.101 e. The van der Waals surface area contributed by atoms with Crippen molar-refractivity contribution in [2.75, 3.05) is 18.9 Å². The molecule has 1 aromatic rings. The molecule has 2 atom stereocenters. The van der Waals surface area contributed by atoms with E-state index >= 15 is 0 Å². The van der Waals surface area contributed by atoms with E-state index in [0.29, 0.717) is 22.7 Å². The van der Waals surface area contributed by atoms with Gasteiger partial charge in [-0.05, 0) is 38.6 Å². The number of nitriles is 1. The quantitative estimate of drug-likeness (QED) is 0.876. The Labute approximate surface area is 107 Å². The van der Waals surface area contributed by atoms with E-state index in [2.05, 4.69) is 30.3 Å². The Hall–Kier alpha value is -1.24. The Bertz CT molecular complexity index is 442. The Balaban J connectivity index is 2.05. The molecule has 1 aliphatic heterocycles. The molecule has 0 aliphatic carbocycles. The maximum atomic E-state index is 8.80. The van der Waals surface area contributed by atoms with Crippen LogP contribution >= 0.6 is 11.6 Å². The molecule has 1 aliphatic rings. The van der Waals surface area contributed by atoms with Crippen molar-refractivity contribution in [3.05, 3.63) is 28.8 Å². The van der Waals surface area contributed by atoms with Crippen LogP contribution < -0.4 is 5.32 Å². The fraction of sp³-hybridized carbons (Fsp3) is 0.462. The molecule has 3 nitrogen and oxygen atoms in total. The van der Waals surface area contributed by atoms with Gasteiger partial charge >= 0.3 is 0 Å². The van der Waals surface area contributed by atoms with Gasteiger partial charge in [-0.1, -0.05) is 11.6 Å². The molecular weight excluding hydrogens is 234 g/mol. The third-order valence-corrected chi connectivity index (χ3v) is 3.66. The van der Waals surface area contributed by atoms with Crippen molar-refractivity contribution in [1.29, 1.82) is 5.26 Å². The molecular formula is C13H16ClN3. The fourth-order valence-corrected chi connectivity index (χ4v) is 2.45. The highest BCUT2D eigenvalue weighted by molar-refractivity contribution is 6.32. The number of nitrogens with zero attached hydrogens (tertiary/aromatic N) is 2. The lowest BCUT2D eigenvalue weighted by Gasteiger charge is -2.14. The standard InChI is InChI=1S/C13H16ClN3/c1-9-5-12(8-17(9)2)16-11-4-3-10(7-15)13(14)6-11/h3-4,6,9,12,16H,5,8H2,1-2H3. The molecule has 0 spiro atoms. The van der Waals surface area contributed by atoms with E-state index in [1.165, 1.54) is 0 Å². The highest BCUT2D eigenvalue weighted by atomic mass is 35.5. The van der Waals surface area contributed by atoms with Gasteiger partial charge in [0.15, 0.2) is 0 Å². The van der Waals surface area contributed by atoms with E-state index in [1.807, 2.05) is 12.1 Å². The minimum absolute atomic E-state index is 0.457. The van der Waals surface area contributed by atoms with Gasteiger partial charge in [-0.25, -0.2) is 0 Å². The van der Waals surface area contributed by atoms with E-state index in [0.717, 1.165) is 18.7 Å². The molecule has 1 N–H and O–H groups in total. The predicted molar refractivity (Wildman–Crippen MR) is 70.3 cm³/mol. The first kappa shape index (κ1) is 12.2. The number of hydrogen-bond donors (Lipinski definition) is 1. The largest absolute Gasteiger partial charge is 0.381 e. The van der Waals surface area contributed by atoms with Crippen LogP contribution in [-0.4, -0.2) is 30.6 Å². The average Bonchev–Trinajstić information content (AvgIpc) is 2.58. The predicted octanol–water partition coefficient (Wildman–Crippen LogP) is 2.72. The molecule has 1 aromatic carbocycles. The smallest absolute Gasteiger partial charge is 0.101 e. The summed E-state index contributed by atoms with van der Waals surface area (Å²) in [6.07, 6.45) is 1.13. The summed E-state index contributed by atoms with van der Waals surface area (Å²) in [5, 5.41) is 12.8. The number of halogens is 1. The number of benzene rings is 1. The normalized spacial score (nSPS) is 24.6. The molecule has 0 saturated carbocycles. The number of rotatable bonds is 2. The highest BCUT2D eigenvalue weighted by Crippen LogP contribution is 2.23. The van der Waals surface area contributed by atoms with Crippen molar-refractivity contribution in [3.8, 4) is 6.07 Å². The van der Waals surface area contributed by atoms with Crippen molar-refractivity contribution >= 4 is 17.3 Å². The van der Waals surface area contributed by atoms with Crippen molar-refractivity contribution in [2.45, 2.75) is 25.4 Å². The van der Waals surface area contributed by atoms with Crippen molar-refractivity contribution < 1.29 is 0 Å². The fourth-order valence-electron chi connectivity index (χ4n) is 2.23. The Kier molecular flexibility index (Phi) is 3.56. The molecule has 1 saturated heterocycles. The molecule has 0 radical (unpaired) electrons. The van der Waals surface area contributed by atoms with Crippen molar-refractivity contribution in [1.82, 2.24) is 4.90 Å². The molecule has 2 rings (SSSR count). The van der Waals surface area contributed by atoms with Crippen molar-refractivity contribution in [2.24, 2.45) is 0 Å². The van der Waals surface area contributed by atoms with Crippen LogP contribution in [0.5, 0.6) is 0 Å². The van der Waals surface area contributed by atoms with Crippen LogP contribution in [0.1, 0.15) is 18.9 Å². The number of likely N-dealkylation sites (tertiary alicyclic amines) is 1. The first-order valence-electron chi connectivity index (χ1n) is 5.76. The first-order chi connectivity index (χ1) is 8.10. The summed E-state index contributed by atoms with van der Waals surface area (Å²) in [7, 11) is 2.14. The summed E-state index contributed by atoms with van der Waals surface area (Å²) < 4.78 is 0. The monoisotopic (exact) mass is 249 g/mol. The van der Waals surface area contributed by atoms with Gasteiger partial charge in [0.25, 0.3) is 0 Å². The lowest BCUT2D eigenvalue weighted by Crippen LogP contribution is -2.24. The van der Waals surface area contributed by atoms with Crippen LogP contribution in [0.4, 0.5) is 5.69 Å². The zero-order chi connectivity index (χ0) is 12.4. The molecule has 4 heteroatoms. The molecule has 1 heterocycles. The van der Waals surface area contributed by atoms with Crippen LogP contribution in [0.15, 0.2) is 18.2 Å². The number of nitrogens with one attached hydrogen (secondary N) is 1. The first-order valence-corrected chi connectivity index (χ1v) is 6.14. The van der Waals surface area contributed by atoms with E-state index in [1.54, 1.807) is 6.07 Å². The van der Waals surface area contributed by atoms with Gasteiger partial charge in [-0.15, -0.1) is 0 Å². The van der Waals surface area contributed by atoms with Gasteiger partial charge in [0.05, 0.1) is 10.6 Å². The van der Waals surface area contributed by atoms with Crippen LogP contribution in [0, 0.1) is 11.3 Å². The van der Waals surface area contributed by atoms with Crippen LogP contribution in [0.2, 0.25) is 5.02 Å². The Morgan fingerprint density at radius 3 is 2.82 bits per heavy atom. The topological polar surface area (TPSA) is 39.1 Å². The van der Waals surface area contributed by atoms with Gasteiger partial charge < -0.3 is 10.2 Å². The van der Waals surface area contributed by atoms with Gasteiger partial charge in [-0.2, -0.15) is 5.26 Å². The zero-order valence-corrected chi connectivity index (χ0v) is 10.8. The minimum Gasteiger partial charge on any atom is -0.381 e. The number of hydrogen-bond acceptors (Lipinski definition) is 3. The molecule has 1 fully saturated rings. The van der Waals surface area contributed by atoms with E-state index in [-0.39, 0.29) is 0 Å². The van der Waals surface area contributed by atoms with E-state index < -0.39 is 0 Å². The Morgan fingerprint density at radius 2 is 2.29 bits per heavy atom. The minimum atomic E-state index is 0.457. The van der Waals surface area contributed by atoms with Crippen LogP contribution in [0.3, 0.4) is 0 Å². The summed E-state index contributed by atoms with van der Waals surface area (Å²) in [6.45, 7) is 3.27. The second-order valence-electron chi connectivity index (χ2n) is 4.67. The zero-order valence-electron chi connectivity index (χ0n) is 10.1. The lowest BCUT2D eigenvalue weighted by molar-refractivity contribution is 0.330. The van der Waals surface area contributed by atoms with Crippen LogP contribution in [0.25, 0.3) is 0 Å². The molecule has 0 amide bonds. The summed E-state index contributed by atoms with van der Waals surface area (Å²) in [4.78, 5) is 2.34. The van der Waals surface area contributed by atoms with Crippen LogP contribution in [-0.2, 0) is 0 Å². The molecule has 17 heavy (non-hydrogen) atoms. The second kappa shape index (κ2) is 4.95. The molecule has 90 valence electrons. The third-order valence-electron chi connectivity index (χ3n) is 3.35. The van der Waals surface area contributed by atoms with Gasteiger partial charge in [0, 0.05) is 24.3 Å². The SMILES string of the molecule is CC1CC(Nc2ccc(C#N)c(Cl)c2)CN1C. The molecule has 0 bridgehead atoms. The summed E-state index contributed by atoms with van der Waals surface area (Å²) in [6, 6.07) is 8.62. The summed E-state index contributed by atoms with van der Waals surface area (Å²) in [5.74, 6) is 0.